The van der Waals surface area contributed by atoms with Crippen molar-refractivity contribution in [2.24, 2.45) is 5.73 Å². The fourth-order valence-electron chi connectivity index (χ4n) is 1.44. The number of aromatic nitrogens is 2. The highest BCUT2D eigenvalue weighted by Crippen LogP contribution is 2.12. The van der Waals surface area contributed by atoms with Crippen molar-refractivity contribution in [3.05, 3.63) is 41.3 Å². The number of carbonyl (C=O) groups is 1. The Hall–Kier alpha value is -2.65. The molecule has 6 heteroatoms. The van der Waals surface area contributed by atoms with Crippen molar-refractivity contribution in [2.45, 2.75) is 6.92 Å². The molecule has 0 aliphatic heterocycles. The first-order valence-electron chi connectivity index (χ1n) is 5.58. The molecule has 2 aromatic rings. The second kappa shape index (κ2) is 5.80. The number of rotatable bonds is 2. The average molecular weight is 256 g/mol. The first-order valence-corrected chi connectivity index (χ1v) is 5.58. The predicted octanol–water partition coefficient (Wildman–Crippen LogP) is 0.941. The summed E-state index contributed by atoms with van der Waals surface area (Å²) >= 11 is 0. The van der Waals surface area contributed by atoms with E-state index < -0.39 is 0 Å². The van der Waals surface area contributed by atoms with Crippen LogP contribution in [0.2, 0.25) is 0 Å². The van der Waals surface area contributed by atoms with Crippen molar-refractivity contribution >= 4 is 11.8 Å². The molecule has 96 valence electrons. The molecule has 0 fully saturated rings. The third kappa shape index (κ3) is 3.18. The van der Waals surface area contributed by atoms with Gasteiger partial charge in [0, 0.05) is 18.5 Å². The number of pyridine rings is 1. The van der Waals surface area contributed by atoms with Crippen LogP contribution in [0.4, 0.5) is 5.88 Å². The Labute approximate surface area is 110 Å². The molecule has 2 aromatic heterocycles. The number of hydrogen-bond donors (Lipinski definition) is 2. The van der Waals surface area contributed by atoms with Crippen LogP contribution in [0.25, 0.3) is 0 Å². The van der Waals surface area contributed by atoms with Crippen LogP contribution < -0.4 is 11.1 Å². The smallest absolute Gasteiger partial charge is 0.259 e. The lowest BCUT2D eigenvalue weighted by Gasteiger charge is -2.03. The molecule has 1 amide bonds. The maximum Gasteiger partial charge on any atom is 0.259 e. The van der Waals surface area contributed by atoms with E-state index in [1.54, 1.807) is 19.1 Å². The molecule has 19 heavy (non-hydrogen) atoms. The number of nitrogens with two attached hydrogens (primary N) is 1. The van der Waals surface area contributed by atoms with Gasteiger partial charge < -0.3 is 10.3 Å². The summed E-state index contributed by atoms with van der Waals surface area (Å²) < 4.78 is 4.92. The normalized spacial score (nSPS) is 9.58. The summed E-state index contributed by atoms with van der Waals surface area (Å²) in [6.07, 6.45) is 3.04. The number of nitrogens with one attached hydrogen (secondary N) is 1. The van der Waals surface area contributed by atoms with Gasteiger partial charge in [-0.15, -0.1) is 0 Å². The summed E-state index contributed by atoms with van der Waals surface area (Å²) in [6.45, 7) is 1.99. The Morgan fingerprint density at radius 3 is 3.11 bits per heavy atom. The molecule has 2 rings (SSSR count). The first-order chi connectivity index (χ1) is 9.20. The number of carbonyl (C=O) groups excluding carboxylic acids is 1. The molecule has 0 spiro atoms. The number of aryl methyl sites for hydroxylation is 1. The molecule has 0 radical (unpaired) electrons. The lowest BCUT2D eigenvalue weighted by Crippen LogP contribution is -2.13. The first kappa shape index (κ1) is 12.8. The molecule has 0 unspecified atom stereocenters. The molecule has 0 aliphatic carbocycles. The van der Waals surface area contributed by atoms with Gasteiger partial charge in [0.1, 0.15) is 0 Å². The minimum Gasteiger partial charge on any atom is -0.338 e. The summed E-state index contributed by atoms with van der Waals surface area (Å²) in [5.74, 6) is 5.45. The Balaban J connectivity index is 2.23. The maximum absolute atomic E-state index is 12.1. The predicted molar refractivity (Wildman–Crippen MR) is 69.4 cm³/mol. The van der Waals surface area contributed by atoms with Crippen molar-refractivity contribution in [1.29, 1.82) is 0 Å². The van der Waals surface area contributed by atoms with E-state index in [1.807, 2.05) is 0 Å². The van der Waals surface area contributed by atoms with E-state index in [0.29, 0.717) is 16.8 Å². The Morgan fingerprint density at radius 1 is 1.58 bits per heavy atom. The van der Waals surface area contributed by atoms with E-state index in [-0.39, 0.29) is 18.3 Å². The van der Waals surface area contributed by atoms with Crippen molar-refractivity contribution < 1.29 is 9.32 Å². The zero-order valence-electron chi connectivity index (χ0n) is 10.3. The molecule has 6 nitrogen and oxygen atoms in total. The molecule has 3 N–H and O–H groups in total. The van der Waals surface area contributed by atoms with Gasteiger partial charge >= 0.3 is 0 Å². The van der Waals surface area contributed by atoms with Crippen molar-refractivity contribution in [1.82, 2.24) is 10.1 Å². The van der Waals surface area contributed by atoms with E-state index in [0.717, 1.165) is 0 Å². The van der Waals surface area contributed by atoms with Crippen LogP contribution in [0.15, 0.2) is 29.0 Å². The van der Waals surface area contributed by atoms with Gasteiger partial charge in [0.25, 0.3) is 5.91 Å². The molecular formula is C13H12N4O2. The van der Waals surface area contributed by atoms with Crippen LogP contribution in [0.5, 0.6) is 0 Å². The molecule has 0 saturated carbocycles. The highest BCUT2D eigenvalue weighted by Gasteiger charge is 2.12. The fourth-order valence-corrected chi connectivity index (χ4v) is 1.44. The fraction of sp³-hybridized carbons (Fsp3) is 0.154. The lowest BCUT2D eigenvalue weighted by molar-refractivity contribution is 0.102. The second-order valence-electron chi connectivity index (χ2n) is 3.71. The van der Waals surface area contributed by atoms with E-state index in [1.165, 1.54) is 12.4 Å². The topological polar surface area (TPSA) is 94.0 Å². The summed E-state index contributed by atoms with van der Waals surface area (Å²) in [5.41, 5.74) is 6.92. The molecule has 0 aromatic carbocycles. The molecular weight excluding hydrogens is 244 g/mol. The SMILES string of the molecule is Cc1cc(NC(=O)c2ccncc2C#CCN)on1. The minimum absolute atomic E-state index is 0.219. The number of nitrogens with zero attached hydrogens (tertiary/aromatic N) is 2. The zero-order valence-corrected chi connectivity index (χ0v) is 10.3. The van der Waals surface area contributed by atoms with Gasteiger partial charge in [0.05, 0.1) is 23.4 Å². The van der Waals surface area contributed by atoms with E-state index in [4.69, 9.17) is 10.3 Å². The molecule has 2 heterocycles. The molecule has 0 aliphatic rings. The van der Waals surface area contributed by atoms with Crippen LogP contribution in [0.3, 0.4) is 0 Å². The molecule has 0 saturated heterocycles. The quantitative estimate of drug-likeness (QED) is 0.780. The lowest BCUT2D eigenvalue weighted by atomic mass is 10.1. The highest BCUT2D eigenvalue weighted by atomic mass is 16.5. The monoisotopic (exact) mass is 256 g/mol. The van der Waals surface area contributed by atoms with Crippen LogP contribution >= 0.6 is 0 Å². The van der Waals surface area contributed by atoms with Gasteiger partial charge in [-0.1, -0.05) is 17.0 Å². The number of hydrogen-bond acceptors (Lipinski definition) is 5. The Bertz CT molecular complexity index is 652. The van der Waals surface area contributed by atoms with Crippen LogP contribution in [0, 0.1) is 18.8 Å². The standard InChI is InChI=1S/C13H12N4O2/c1-9-7-12(19-17-9)16-13(18)11-4-6-15-8-10(11)3-2-5-14/h4,6-8H,5,14H2,1H3,(H,16,18). The van der Waals surface area contributed by atoms with Crippen molar-refractivity contribution in [3.63, 3.8) is 0 Å². The third-order valence-corrected chi connectivity index (χ3v) is 2.26. The maximum atomic E-state index is 12.1. The largest absolute Gasteiger partial charge is 0.338 e. The molecule has 0 bridgehead atoms. The number of anilines is 1. The van der Waals surface area contributed by atoms with Crippen LogP contribution in [-0.4, -0.2) is 22.6 Å². The van der Waals surface area contributed by atoms with Gasteiger partial charge in [0.15, 0.2) is 0 Å². The van der Waals surface area contributed by atoms with Crippen LogP contribution in [0.1, 0.15) is 21.6 Å². The van der Waals surface area contributed by atoms with Gasteiger partial charge in [-0.3, -0.25) is 15.1 Å². The van der Waals surface area contributed by atoms with Gasteiger partial charge in [0.2, 0.25) is 5.88 Å². The highest BCUT2D eigenvalue weighted by molar-refractivity contribution is 6.05. The summed E-state index contributed by atoms with van der Waals surface area (Å²) in [6, 6.07) is 3.21. The second-order valence-corrected chi connectivity index (χ2v) is 3.71. The van der Waals surface area contributed by atoms with Crippen molar-refractivity contribution in [2.75, 3.05) is 11.9 Å². The summed E-state index contributed by atoms with van der Waals surface area (Å²) in [7, 11) is 0. The molecule has 0 atom stereocenters. The third-order valence-electron chi connectivity index (χ3n) is 2.26. The van der Waals surface area contributed by atoms with Gasteiger partial charge in [-0.2, -0.15) is 0 Å². The van der Waals surface area contributed by atoms with E-state index in [2.05, 4.69) is 27.3 Å². The van der Waals surface area contributed by atoms with Gasteiger partial charge in [-0.25, -0.2) is 0 Å². The summed E-state index contributed by atoms with van der Waals surface area (Å²) in [4.78, 5) is 16.0. The van der Waals surface area contributed by atoms with E-state index >= 15 is 0 Å². The summed E-state index contributed by atoms with van der Waals surface area (Å²) in [5, 5.41) is 6.29. The average Bonchev–Trinajstić information content (AvgIpc) is 2.82. The Kier molecular flexibility index (Phi) is 3.90. The van der Waals surface area contributed by atoms with E-state index in [9.17, 15) is 4.79 Å². The minimum atomic E-state index is -0.333. The van der Waals surface area contributed by atoms with Crippen molar-refractivity contribution in [3.8, 4) is 11.8 Å². The number of amides is 1. The van der Waals surface area contributed by atoms with Crippen LogP contribution in [-0.2, 0) is 0 Å². The Morgan fingerprint density at radius 2 is 2.42 bits per heavy atom. The zero-order chi connectivity index (χ0) is 13.7. The van der Waals surface area contributed by atoms with Gasteiger partial charge in [-0.05, 0) is 13.0 Å².